The Morgan fingerprint density at radius 2 is 1.82 bits per heavy atom. The summed E-state index contributed by atoms with van der Waals surface area (Å²) in [6, 6.07) is 17.2. The van der Waals surface area contributed by atoms with Crippen LogP contribution in [-0.2, 0) is 0 Å². The van der Waals surface area contributed by atoms with Crippen LogP contribution in [0.15, 0.2) is 60.8 Å². The van der Waals surface area contributed by atoms with Gasteiger partial charge in [0, 0.05) is 12.3 Å². The number of thiophene rings is 1. The SMILES string of the molecule is COc1cc(OC)c(NC(=O)c2ccc(-n3ccc4ccccc43)s2)cc1Cl. The number of methoxy groups -OCH3 is 2. The molecule has 0 bridgehead atoms. The van der Waals surface area contributed by atoms with Gasteiger partial charge in [-0.3, -0.25) is 4.79 Å². The van der Waals surface area contributed by atoms with Crippen molar-refractivity contribution in [3.8, 4) is 16.5 Å². The second kappa shape index (κ2) is 7.58. The summed E-state index contributed by atoms with van der Waals surface area (Å²) in [6.07, 6.45) is 2.00. The number of para-hydroxylation sites is 1. The van der Waals surface area contributed by atoms with Gasteiger partial charge in [0.25, 0.3) is 5.91 Å². The molecule has 28 heavy (non-hydrogen) atoms. The van der Waals surface area contributed by atoms with E-state index >= 15 is 0 Å². The molecule has 7 heteroatoms. The highest BCUT2D eigenvalue weighted by molar-refractivity contribution is 7.16. The molecule has 1 amide bonds. The zero-order valence-electron chi connectivity index (χ0n) is 15.2. The van der Waals surface area contributed by atoms with Crippen molar-refractivity contribution in [3.63, 3.8) is 0 Å². The highest BCUT2D eigenvalue weighted by Crippen LogP contribution is 2.36. The van der Waals surface area contributed by atoms with E-state index in [2.05, 4.69) is 28.1 Å². The molecular weight excluding hydrogens is 396 g/mol. The lowest BCUT2D eigenvalue weighted by atomic mass is 10.2. The van der Waals surface area contributed by atoms with Crippen LogP contribution >= 0.6 is 22.9 Å². The molecule has 0 saturated carbocycles. The third kappa shape index (κ3) is 3.32. The second-order valence-electron chi connectivity index (χ2n) is 6.02. The quantitative estimate of drug-likeness (QED) is 0.463. The number of rotatable bonds is 5. The molecule has 0 aliphatic heterocycles. The zero-order valence-corrected chi connectivity index (χ0v) is 16.8. The Morgan fingerprint density at radius 3 is 2.61 bits per heavy atom. The lowest BCUT2D eigenvalue weighted by Crippen LogP contribution is -2.11. The van der Waals surface area contributed by atoms with Crippen molar-refractivity contribution in [3.05, 3.63) is 70.7 Å². The summed E-state index contributed by atoms with van der Waals surface area (Å²) in [6.45, 7) is 0. The minimum Gasteiger partial charge on any atom is -0.495 e. The fraction of sp³-hybridized carbons (Fsp3) is 0.0952. The van der Waals surface area contributed by atoms with Crippen LogP contribution in [0.3, 0.4) is 0 Å². The molecular formula is C21H17ClN2O3S. The van der Waals surface area contributed by atoms with Gasteiger partial charge in [0.2, 0.25) is 0 Å². The maximum Gasteiger partial charge on any atom is 0.265 e. The maximum atomic E-state index is 12.8. The number of amides is 1. The first-order valence-corrected chi connectivity index (χ1v) is 9.69. The largest absolute Gasteiger partial charge is 0.495 e. The summed E-state index contributed by atoms with van der Waals surface area (Å²) < 4.78 is 12.6. The summed E-state index contributed by atoms with van der Waals surface area (Å²) in [5.41, 5.74) is 1.58. The first kappa shape index (κ1) is 18.4. The third-order valence-electron chi connectivity index (χ3n) is 4.37. The van der Waals surface area contributed by atoms with Crippen molar-refractivity contribution in [1.82, 2.24) is 4.57 Å². The molecule has 5 nitrogen and oxygen atoms in total. The minimum atomic E-state index is -0.229. The molecule has 2 heterocycles. The summed E-state index contributed by atoms with van der Waals surface area (Å²) in [5.74, 6) is 0.726. The molecule has 4 aromatic rings. The fourth-order valence-electron chi connectivity index (χ4n) is 3.00. The van der Waals surface area contributed by atoms with Gasteiger partial charge in [-0.15, -0.1) is 11.3 Å². The average Bonchev–Trinajstić information content (AvgIpc) is 3.35. The van der Waals surface area contributed by atoms with E-state index in [4.69, 9.17) is 21.1 Å². The molecule has 0 radical (unpaired) electrons. The fourth-order valence-corrected chi connectivity index (χ4v) is 4.14. The highest BCUT2D eigenvalue weighted by atomic mass is 35.5. The average molecular weight is 413 g/mol. The van der Waals surface area contributed by atoms with Crippen molar-refractivity contribution in [2.75, 3.05) is 19.5 Å². The van der Waals surface area contributed by atoms with Gasteiger partial charge in [-0.2, -0.15) is 0 Å². The smallest absolute Gasteiger partial charge is 0.265 e. The number of anilines is 1. The number of hydrogen-bond donors (Lipinski definition) is 1. The molecule has 0 atom stereocenters. The van der Waals surface area contributed by atoms with E-state index in [1.165, 1.54) is 25.6 Å². The molecule has 142 valence electrons. The third-order valence-corrected chi connectivity index (χ3v) is 5.75. The molecule has 2 aromatic carbocycles. The minimum absolute atomic E-state index is 0.229. The predicted octanol–water partition coefficient (Wildman–Crippen LogP) is 5.61. The summed E-state index contributed by atoms with van der Waals surface area (Å²) in [5, 5.41) is 5.37. The Morgan fingerprint density at radius 1 is 1.04 bits per heavy atom. The van der Waals surface area contributed by atoms with Gasteiger partial charge < -0.3 is 19.4 Å². The van der Waals surface area contributed by atoms with Gasteiger partial charge in [0.1, 0.15) is 16.5 Å². The van der Waals surface area contributed by atoms with Crippen LogP contribution in [0.5, 0.6) is 11.5 Å². The molecule has 1 N–H and O–H groups in total. The zero-order chi connectivity index (χ0) is 19.7. The Bertz CT molecular complexity index is 1170. The van der Waals surface area contributed by atoms with E-state index in [0.717, 1.165) is 15.9 Å². The Labute approximate surface area is 171 Å². The van der Waals surface area contributed by atoms with Crippen LogP contribution in [0.2, 0.25) is 5.02 Å². The van der Waals surface area contributed by atoms with E-state index in [1.54, 1.807) is 12.1 Å². The monoisotopic (exact) mass is 412 g/mol. The molecule has 0 saturated heterocycles. The lowest BCUT2D eigenvalue weighted by molar-refractivity contribution is 0.103. The van der Waals surface area contributed by atoms with Crippen molar-refractivity contribution in [2.24, 2.45) is 0 Å². The molecule has 0 aliphatic carbocycles. The molecule has 0 aliphatic rings. The number of aromatic nitrogens is 1. The molecule has 0 spiro atoms. The van der Waals surface area contributed by atoms with Gasteiger partial charge in [-0.1, -0.05) is 29.8 Å². The van der Waals surface area contributed by atoms with Crippen molar-refractivity contribution >= 4 is 45.4 Å². The van der Waals surface area contributed by atoms with Crippen molar-refractivity contribution < 1.29 is 14.3 Å². The number of nitrogens with zero attached hydrogens (tertiary/aromatic N) is 1. The number of hydrogen-bond acceptors (Lipinski definition) is 4. The Balaban J connectivity index is 1.61. The number of fused-ring (bicyclic) bond motifs is 1. The van der Waals surface area contributed by atoms with Crippen LogP contribution in [0.25, 0.3) is 15.9 Å². The summed E-state index contributed by atoms with van der Waals surface area (Å²) in [4.78, 5) is 13.3. The summed E-state index contributed by atoms with van der Waals surface area (Å²) in [7, 11) is 3.05. The van der Waals surface area contributed by atoms with Crippen LogP contribution in [0, 0.1) is 0 Å². The van der Waals surface area contributed by atoms with E-state index in [1.807, 2.05) is 30.5 Å². The van der Waals surface area contributed by atoms with E-state index < -0.39 is 0 Å². The maximum absolute atomic E-state index is 12.8. The molecule has 0 fully saturated rings. The van der Waals surface area contributed by atoms with Crippen molar-refractivity contribution in [2.45, 2.75) is 0 Å². The molecule has 0 unspecified atom stereocenters. The van der Waals surface area contributed by atoms with Crippen LogP contribution in [0.1, 0.15) is 9.67 Å². The summed E-state index contributed by atoms with van der Waals surface area (Å²) >= 11 is 7.59. The number of nitrogens with one attached hydrogen (secondary N) is 1. The van der Waals surface area contributed by atoms with Crippen LogP contribution in [0.4, 0.5) is 5.69 Å². The Kier molecular flexibility index (Phi) is 4.98. The van der Waals surface area contributed by atoms with Gasteiger partial charge >= 0.3 is 0 Å². The number of carbonyl (C=O) groups is 1. The van der Waals surface area contributed by atoms with E-state index in [9.17, 15) is 4.79 Å². The lowest BCUT2D eigenvalue weighted by Gasteiger charge is -2.12. The van der Waals surface area contributed by atoms with Gasteiger partial charge in [0.15, 0.2) is 0 Å². The van der Waals surface area contributed by atoms with Gasteiger partial charge in [-0.25, -0.2) is 0 Å². The number of carbonyl (C=O) groups excluding carboxylic acids is 1. The number of halogens is 1. The Hall–Kier alpha value is -2.96. The topological polar surface area (TPSA) is 52.5 Å². The second-order valence-corrected chi connectivity index (χ2v) is 7.49. The van der Waals surface area contributed by atoms with Gasteiger partial charge in [-0.05, 0) is 35.7 Å². The normalized spacial score (nSPS) is 10.8. The standard InChI is InChI=1S/C21H17ClN2O3S/c1-26-17-12-18(27-2)15(11-14(17)22)23-21(25)19-7-8-20(28-19)24-10-9-13-5-3-4-6-16(13)24/h3-12H,1-2H3,(H,23,25). The number of benzene rings is 2. The first-order chi connectivity index (χ1) is 13.6. The van der Waals surface area contributed by atoms with Gasteiger partial charge in [0.05, 0.1) is 35.3 Å². The predicted molar refractivity (Wildman–Crippen MR) is 114 cm³/mol. The number of ether oxygens (including phenoxy) is 2. The first-order valence-electron chi connectivity index (χ1n) is 8.50. The highest BCUT2D eigenvalue weighted by Gasteiger charge is 2.16. The van der Waals surface area contributed by atoms with Crippen LogP contribution in [-0.4, -0.2) is 24.7 Å². The van der Waals surface area contributed by atoms with Crippen molar-refractivity contribution in [1.29, 1.82) is 0 Å². The molecule has 4 rings (SSSR count). The van der Waals surface area contributed by atoms with E-state index in [-0.39, 0.29) is 5.91 Å². The van der Waals surface area contributed by atoms with Crippen LogP contribution < -0.4 is 14.8 Å². The van der Waals surface area contributed by atoms with E-state index in [0.29, 0.717) is 27.1 Å². The molecule has 2 aromatic heterocycles.